The van der Waals surface area contributed by atoms with Crippen molar-refractivity contribution in [2.45, 2.75) is 38.7 Å². The molecule has 1 N–H and O–H groups in total. The van der Waals surface area contributed by atoms with Crippen molar-refractivity contribution in [3.05, 3.63) is 35.4 Å². The number of hydrogen-bond donors (Lipinski definition) is 1. The number of carbonyl (C=O) groups excluding carboxylic acids is 2. The van der Waals surface area contributed by atoms with Crippen molar-refractivity contribution in [3.8, 4) is 0 Å². The van der Waals surface area contributed by atoms with Gasteiger partial charge in [-0.2, -0.15) is 0 Å². The van der Waals surface area contributed by atoms with Crippen LogP contribution >= 0.6 is 0 Å². The predicted molar refractivity (Wildman–Crippen MR) is 71.9 cm³/mol. The van der Waals surface area contributed by atoms with Crippen molar-refractivity contribution in [1.29, 1.82) is 0 Å². The van der Waals surface area contributed by atoms with Gasteiger partial charge in [-0.25, -0.2) is 4.79 Å². The van der Waals surface area contributed by atoms with Crippen LogP contribution in [0.1, 0.15) is 43.2 Å². The first-order valence-corrected chi connectivity index (χ1v) is 6.64. The zero-order valence-electron chi connectivity index (χ0n) is 11.1. The number of ketones is 1. The maximum Gasteiger partial charge on any atom is 0.407 e. The number of benzene rings is 1. The summed E-state index contributed by atoms with van der Waals surface area (Å²) in [6.07, 6.45) is 2.32. The Bertz CT molecular complexity index is 466. The Balaban J connectivity index is 1.78. The molecular formula is C15H19NO3. The molecule has 4 heteroatoms. The van der Waals surface area contributed by atoms with Crippen molar-refractivity contribution in [2.24, 2.45) is 0 Å². The monoisotopic (exact) mass is 261 g/mol. The fourth-order valence-electron chi connectivity index (χ4n) is 1.99. The fourth-order valence-corrected chi connectivity index (χ4v) is 1.99. The maximum atomic E-state index is 11.5. The summed E-state index contributed by atoms with van der Waals surface area (Å²) in [5, 5.41) is 2.57. The lowest BCUT2D eigenvalue weighted by atomic mass is 10.0. The molecule has 0 aliphatic heterocycles. The van der Waals surface area contributed by atoms with Gasteiger partial charge in [-0.1, -0.05) is 24.3 Å². The second-order valence-electron chi connectivity index (χ2n) is 4.93. The average Bonchev–Trinajstić information content (AvgIpc) is 3.20. The van der Waals surface area contributed by atoms with Crippen molar-refractivity contribution < 1.29 is 14.3 Å². The number of nitrogens with one attached hydrogen (secondary N) is 1. The van der Waals surface area contributed by atoms with Gasteiger partial charge < -0.3 is 10.1 Å². The highest BCUT2D eigenvalue weighted by Crippen LogP contribution is 2.41. The van der Waals surface area contributed by atoms with Crippen LogP contribution in [0.4, 0.5) is 4.79 Å². The van der Waals surface area contributed by atoms with Gasteiger partial charge in [0.25, 0.3) is 0 Å². The quantitative estimate of drug-likeness (QED) is 0.856. The Morgan fingerprint density at radius 1 is 1.32 bits per heavy atom. The molecule has 1 fully saturated rings. The molecule has 19 heavy (non-hydrogen) atoms. The number of hydrogen-bond acceptors (Lipinski definition) is 3. The Hall–Kier alpha value is -1.84. The van der Waals surface area contributed by atoms with E-state index in [4.69, 9.17) is 4.74 Å². The van der Waals surface area contributed by atoms with Crippen molar-refractivity contribution in [2.75, 3.05) is 6.54 Å². The molecule has 4 nitrogen and oxygen atoms in total. The van der Waals surface area contributed by atoms with Crippen molar-refractivity contribution >= 4 is 11.9 Å². The lowest BCUT2D eigenvalue weighted by molar-refractivity contribution is -0.116. The highest BCUT2D eigenvalue weighted by molar-refractivity contribution is 5.76. The van der Waals surface area contributed by atoms with E-state index >= 15 is 0 Å². The minimum absolute atomic E-state index is 0.0550. The van der Waals surface area contributed by atoms with Gasteiger partial charge in [0.1, 0.15) is 12.4 Å². The molecule has 1 aromatic carbocycles. The Morgan fingerprint density at radius 2 is 2.05 bits per heavy atom. The normalized spacial score (nSPS) is 13.9. The number of Topliss-reactive ketones (excluding diaryl/α,β-unsaturated/α-hetero) is 1. The van der Waals surface area contributed by atoms with E-state index < -0.39 is 6.09 Å². The third-order valence-electron chi connectivity index (χ3n) is 3.18. The lowest BCUT2D eigenvalue weighted by Gasteiger charge is -2.10. The summed E-state index contributed by atoms with van der Waals surface area (Å²) in [6.45, 7) is 2.12. The van der Waals surface area contributed by atoms with E-state index in [2.05, 4.69) is 11.4 Å². The second kappa shape index (κ2) is 6.36. The Kier molecular flexibility index (Phi) is 4.55. The Labute approximate surface area is 113 Å². The van der Waals surface area contributed by atoms with Crippen LogP contribution in [0.2, 0.25) is 0 Å². The van der Waals surface area contributed by atoms with E-state index in [1.165, 1.54) is 25.3 Å². The predicted octanol–water partition coefficient (Wildman–Crippen LogP) is 2.77. The van der Waals surface area contributed by atoms with Crippen LogP contribution in [0.15, 0.2) is 24.3 Å². The number of amides is 1. The van der Waals surface area contributed by atoms with Gasteiger partial charge in [0, 0.05) is 13.0 Å². The van der Waals surface area contributed by atoms with Crippen LogP contribution in [0.3, 0.4) is 0 Å². The van der Waals surface area contributed by atoms with Gasteiger partial charge >= 0.3 is 6.09 Å². The molecule has 102 valence electrons. The number of rotatable bonds is 6. The van der Waals surface area contributed by atoms with E-state index in [0.29, 0.717) is 25.5 Å². The lowest BCUT2D eigenvalue weighted by Crippen LogP contribution is -2.26. The maximum absolute atomic E-state index is 11.5. The van der Waals surface area contributed by atoms with E-state index in [9.17, 15) is 9.59 Å². The molecule has 1 aliphatic rings. The minimum atomic E-state index is -0.466. The van der Waals surface area contributed by atoms with Crippen LogP contribution in [-0.4, -0.2) is 18.4 Å². The number of carbonyl (C=O) groups is 2. The largest absolute Gasteiger partial charge is 0.445 e. The van der Waals surface area contributed by atoms with E-state index in [-0.39, 0.29) is 5.78 Å². The van der Waals surface area contributed by atoms with Crippen LogP contribution in [-0.2, 0) is 16.1 Å². The van der Waals surface area contributed by atoms with Crippen LogP contribution < -0.4 is 5.32 Å². The Morgan fingerprint density at radius 3 is 2.74 bits per heavy atom. The van der Waals surface area contributed by atoms with Crippen LogP contribution in [0.5, 0.6) is 0 Å². The fraction of sp³-hybridized carbons (Fsp3) is 0.467. The molecule has 0 spiro atoms. The molecule has 1 amide bonds. The molecule has 0 heterocycles. The first kappa shape index (κ1) is 13.6. The summed E-state index contributed by atoms with van der Waals surface area (Å²) in [7, 11) is 0. The topological polar surface area (TPSA) is 55.4 Å². The summed E-state index contributed by atoms with van der Waals surface area (Å²) >= 11 is 0. The second-order valence-corrected chi connectivity index (χ2v) is 4.93. The van der Waals surface area contributed by atoms with Crippen molar-refractivity contribution in [1.82, 2.24) is 5.32 Å². The van der Waals surface area contributed by atoms with Gasteiger partial charge in [0.2, 0.25) is 0 Å². The summed E-state index contributed by atoms with van der Waals surface area (Å²) < 4.78 is 5.17. The van der Waals surface area contributed by atoms with Crippen LogP contribution in [0, 0.1) is 0 Å². The molecule has 0 saturated heterocycles. The molecule has 2 rings (SSSR count). The molecule has 1 aliphatic carbocycles. The van der Waals surface area contributed by atoms with Crippen LogP contribution in [0.25, 0.3) is 0 Å². The van der Waals surface area contributed by atoms with E-state index in [0.717, 1.165) is 5.56 Å². The molecule has 0 radical (unpaired) electrons. The summed E-state index contributed by atoms with van der Waals surface area (Å²) in [5.41, 5.74) is 2.37. The number of alkyl carbamates (subject to hydrolysis) is 1. The first-order chi connectivity index (χ1) is 9.16. The summed E-state index contributed by atoms with van der Waals surface area (Å²) in [5.74, 6) is 0.694. The molecule has 1 saturated carbocycles. The molecule has 0 unspecified atom stereocenters. The smallest absolute Gasteiger partial charge is 0.407 e. The molecule has 1 aromatic rings. The SMILES string of the molecule is CC(=O)CCNC(=O)OCc1ccccc1C1CC1. The highest BCUT2D eigenvalue weighted by atomic mass is 16.5. The third-order valence-corrected chi connectivity index (χ3v) is 3.18. The van der Waals surface area contributed by atoms with Gasteiger partial charge in [-0.15, -0.1) is 0 Å². The standard InChI is InChI=1S/C15H19NO3/c1-11(17)8-9-16-15(18)19-10-13-4-2-3-5-14(13)12-6-7-12/h2-5,12H,6-10H2,1H3,(H,16,18). The van der Waals surface area contributed by atoms with E-state index in [1.807, 2.05) is 18.2 Å². The molecule has 0 atom stereocenters. The zero-order valence-corrected chi connectivity index (χ0v) is 11.1. The summed E-state index contributed by atoms with van der Waals surface area (Å²) in [6, 6.07) is 8.07. The molecule has 0 bridgehead atoms. The summed E-state index contributed by atoms with van der Waals surface area (Å²) in [4.78, 5) is 22.2. The average molecular weight is 261 g/mol. The van der Waals surface area contributed by atoms with Crippen molar-refractivity contribution in [3.63, 3.8) is 0 Å². The highest BCUT2D eigenvalue weighted by Gasteiger charge is 2.25. The zero-order chi connectivity index (χ0) is 13.7. The van der Waals surface area contributed by atoms with Gasteiger partial charge in [-0.3, -0.25) is 4.79 Å². The molecule has 0 aromatic heterocycles. The third kappa shape index (κ3) is 4.39. The van der Waals surface area contributed by atoms with Gasteiger partial charge in [0.15, 0.2) is 0 Å². The number of ether oxygens (including phenoxy) is 1. The van der Waals surface area contributed by atoms with Gasteiger partial charge in [0.05, 0.1) is 0 Å². The molecular weight excluding hydrogens is 242 g/mol. The van der Waals surface area contributed by atoms with E-state index in [1.54, 1.807) is 0 Å². The minimum Gasteiger partial charge on any atom is -0.445 e. The first-order valence-electron chi connectivity index (χ1n) is 6.64. The van der Waals surface area contributed by atoms with Gasteiger partial charge in [-0.05, 0) is 36.8 Å².